The second kappa shape index (κ2) is 8.06. The number of fused-ring (bicyclic) bond motifs is 2. The fourth-order valence-electron chi connectivity index (χ4n) is 4.00. The number of ether oxygens (including phenoxy) is 1. The van der Waals surface area contributed by atoms with Crippen LogP contribution in [0.2, 0.25) is 0 Å². The van der Waals surface area contributed by atoms with Crippen LogP contribution < -0.4 is 10.8 Å². The zero-order chi connectivity index (χ0) is 20.3. The lowest BCUT2D eigenvalue weighted by atomic mass is 9.82. The summed E-state index contributed by atoms with van der Waals surface area (Å²) in [6.07, 6.45) is 4.05. The summed E-state index contributed by atoms with van der Waals surface area (Å²) >= 11 is 0. The minimum atomic E-state index is -0.559. The Labute approximate surface area is 168 Å². The molecule has 29 heavy (non-hydrogen) atoms. The predicted molar refractivity (Wildman–Crippen MR) is 108 cm³/mol. The molecule has 0 aliphatic carbocycles. The van der Waals surface area contributed by atoms with Crippen molar-refractivity contribution in [1.29, 1.82) is 0 Å². The summed E-state index contributed by atoms with van der Waals surface area (Å²) in [7, 11) is 0. The van der Waals surface area contributed by atoms with Crippen LogP contribution in [0.5, 0.6) is 0 Å². The Balaban J connectivity index is 1.39. The van der Waals surface area contributed by atoms with Crippen LogP contribution in [0.1, 0.15) is 29.5 Å². The van der Waals surface area contributed by atoms with Crippen LogP contribution in [-0.4, -0.2) is 35.2 Å². The molecule has 2 amide bonds. The molecule has 150 valence electrons. The Morgan fingerprint density at radius 2 is 1.90 bits per heavy atom. The highest BCUT2D eigenvalue weighted by molar-refractivity contribution is 5.90. The molecule has 1 spiro atoms. The molecule has 2 aliphatic rings. The first-order valence-electron chi connectivity index (χ1n) is 9.61. The molecular weight excluding hydrogens is 370 g/mol. The second-order valence-electron chi connectivity index (χ2n) is 7.38. The molecular formula is C22H23N3O4. The molecule has 7 nitrogen and oxygen atoms in total. The van der Waals surface area contributed by atoms with Gasteiger partial charge in [0.2, 0.25) is 0 Å². The Kier molecular flexibility index (Phi) is 5.33. The third-order valence-corrected chi connectivity index (χ3v) is 5.53. The van der Waals surface area contributed by atoms with E-state index in [2.05, 4.69) is 10.2 Å². The largest absolute Gasteiger partial charge is 0.438 e. The van der Waals surface area contributed by atoms with Crippen molar-refractivity contribution in [2.24, 2.45) is 0 Å². The van der Waals surface area contributed by atoms with Crippen LogP contribution in [0, 0.1) is 0 Å². The monoisotopic (exact) mass is 393 g/mol. The summed E-state index contributed by atoms with van der Waals surface area (Å²) in [5, 5.41) is 11.3. The molecule has 0 bridgehead atoms. The van der Waals surface area contributed by atoms with Gasteiger partial charge in [-0.2, -0.15) is 0 Å². The lowest BCUT2D eigenvalue weighted by Gasteiger charge is -2.44. The predicted octanol–water partition coefficient (Wildman–Crippen LogP) is 3.26. The Bertz CT molecular complexity index is 931. The molecule has 2 heterocycles. The van der Waals surface area contributed by atoms with E-state index in [0.29, 0.717) is 0 Å². The number of carbonyl (C=O) groups is 2. The van der Waals surface area contributed by atoms with Crippen molar-refractivity contribution in [3.63, 3.8) is 0 Å². The van der Waals surface area contributed by atoms with Crippen LogP contribution in [0.25, 0.3) is 6.08 Å². The molecule has 0 radical (unpaired) electrons. The quantitative estimate of drug-likeness (QED) is 0.421. The minimum Gasteiger partial charge on any atom is -0.438 e. The first-order chi connectivity index (χ1) is 14.1. The third-order valence-electron chi connectivity index (χ3n) is 5.53. The number of para-hydroxylation sites is 1. The maximum absolute atomic E-state index is 12.0. The Morgan fingerprint density at radius 1 is 1.17 bits per heavy atom. The van der Waals surface area contributed by atoms with Gasteiger partial charge in [0.15, 0.2) is 0 Å². The smallest absolute Gasteiger partial charge is 0.412 e. The number of nitrogens with zero attached hydrogens (tertiary/aromatic N) is 1. The van der Waals surface area contributed by atoms with E-state index in [9.17, 15) is 9.59 Å². The lowest BCUT2D eigenvalue weighted by molar-refractivity contribution is -0.124. The Morgan fingerprint density at radius 3 is 2.62 bits per heavy atom. The normalized spacial score (nSPS) is 18.2. The number of rotatable bonds is 4. The van der Waals surface area contributed by atoms with Crippen molar-refractivity contribution in [3.8, 4) is 0 Å². The molecule has 2 aliphatic heterocycles. The van der Waals surface area contributed by atoms with Gasteiger partial charge < -0.3 is 4.74 Å². The Hall–Kier alpha value is -3.16. The van der Waals surface area contributed by atoms with Crippen molar-refractivity contribution in [2.75, 3.05) is 18.4 Å². The number of carbonyl (C=O) groups excluding carboxylic acids is 2. The maximum atomic E-state index is 12.0. The van der Waals surface area contributed by atoms with Crippen molar-refractivity contribution < 1.29 is 19.5 Å². The van der Waals surface area contributed by atoms with Gasteiger partial charge >= 0.3 is 6.09 Å². The van der Waals surface area contributed by atoms with Crippen molar-refractivity contribution >= 4 is 23.8 Å². The summed E-state index contributed by atoms with van der Waals surface area (Å²) in [6, 6.07) is 15.8. The zero-order valence-corrected chi connectivity index (χ0v) is 15.9. The lowest BCUT2D eigenvalue weighted by Crippen LogP contribution is -2.48. The van der Waals surface area contributed by atoms with Crippen LogP contribution in [-0.2, 0) is 21.7 Å². The second-order valence-corrected chi connectivity index (χ2v) is 7.38. The average molecular weight is 393 g/mol. The fourth-order valence-corrected chi connectivity index (χ4v) is 4.00. The summed E-state index contributed by atoms with van der Waals surface area (Å²) in [6.45, 7) is 2.48. The van der Waals surface area contributed by atoms with Gasteiger partial charge in [-0.15, -0.1) is 0 Å². The zero-order valence-electron chi connectivity index (χ0n) is 15.9. The van der Waals surface area contributed by atoms with Gasteiger partial charge in [0, 0.05) is 44.1 Å². The van der Waals surface area contributed by atoms with E-state index in [1.807, 2.05) is 48.5 Å². The van der Waals surface area contributed by atoms with Crippen LogP contribution in [0.15, 0.2) is 54.6 Å². The van der Waals surface area contributed by atoms with Gasteiger partial charge in [-0.05, 0) is 23.3 Å². The van der Waals surface area contributed by atoms with E-state index >= 15 is 0 Å². The topological polar surface area (TPSA) is 90.9 Å². The van der Waals surface area contributed by atoms with Gasteiger partial charge in [0.1, 0.15) is 5.60 Å². The van der Waals surface area contributed by atoms with Crippen molar-refractivity contribution in [1.82, 2.24) is 10.4 Å². The van der Waals surface area contributed by atoms with E-state index < -0.39 is 11.5 Å². The number of piperidine rings is 1. The number of hydrogen-bond acceptors (Lipinski definition) is 5. The van der Waals surface area contributed by atoms with Gasteiger partial charge in [-0.1, -0.05) is 42.5 Å². The average Bonchev–Trinajstić information content (AvgIpc) is 2.74. The molecule has 0 atom stereocenters. The van der Waals surface area contributed by atoms with Crippen molar-refractivity contribution in [3.05, 3.63) is 71.3 Å². The fraction of sp³-hybridized carbons (Fsp3) is 0.273. The van der Waals surface area contributed by atoms with Crippen LogP contribution in [0.4, 0.5) is 10.5 Å². The standard InChI is InChI=1S/C22H23N3O4/c26-20(24-28)10-9-16-5-7-17(8-6-16)15-25-13-11-22(12-14-25)18-3-1-2-4-19(18)23-21(27)29-22/h1-10,28H,11-15H2,(H,23,27)(H,24,26)/b10-9+. The highest BCUT2D eigenvalue weighted by Crippen LogP contribution is 2.43. The molecule has 1 saturated heterocycles. The molecule has 2 aromatic carbocycles. The van der Waals surface area contributed by atoms with E-state index in [0.717, 1.165) is 49.3 Å². The van der Waals surface area contributed by atoms with E-state index in [1.165, 1.54) is 11.6 Å². The number of amides is 2. The maximum Gasteiger partial charge on any atom is 0.412 e. The minimum absolute atomic E-state index is 0.379. The molecule has 0 saturated carbocycles. The molecule has 3 N–H and O–H groups in total. The highest BCUT2D eigenvalue weighted by Gasteiger charge is 2.44. The van der Waals surface area contributed by atoms with E-state index in [4.69, 9.17) is 9.94 Å². The summed E-state index contributed by atoms with van der Waals surface area (Å²) in [5.41, 5.74) is 4.98. The number of anilines is 1. The van der Waals surface area contributed by atoms with Crippen LogP contribution >= 0.6 is 0 Å². The number of likely N-dealkylation sites (tertiary alicyclic amines) is 1. The molecule has 2 aromatic rings. The molecule has 7 heteroatoms. The number of benzene rings is 2. The first-order valence-corrected chi connectivity index (χ1v) is 9.61. The molecule has 0 unspecified atom stereocenters. The number of hydrogen-bond donors (Lipinski definition) is 3. The number of nitrogens with one attached hydrogen (secondary N) is 2. The van der Waals surface area contributed by atoms with E-state index in [-0.39, 0.29) is 6.09 Å². The van der Waals surface area contributed by atoms with Gasteiger partial charge in [0.25, 0.3) is 5.91 Å². The van der Waals surface area contributed by atoms with Gasteiger partial charge in [0.05, 0.1) is 5.69 Å². The molecule has 0 aromatic heterocycles. The SMILES string of the molecule is O=C(/C=C/c1ccc(CN2CCC3(CC2)OC(=O)Nc2ccccc23)cc1)NO. The molecule has 1 fully saturated rings. The highest BCUT2D eigenvalue weighted by atomic mass is 16.6. The summed E-state index contributed by atoms with van der Waals surface area (Å²) in [4.78, 5) is 25.4. The van der Waals surface area contributed by atoms with Crippen molar-refractivity contribution in [2.45, 2.75) is 25.0 Å². The van der Waals surface area contributed by atoms with E-state index in [1.54, 1.807) is 11.6 Å². The summed E-state index contributed by atoms with van der Waals surface area (Å²) in [5.74, 6) is -0.559. The third kappa shape index (κ3) is 4.16. The van der Waals surface area contributed by atoms with Crippen LogP contribution in [0.3, 0.4) is 0 Å². The number of hydroxylamine groups is 1. The molecule has 4 rings (SSSR count). The summed E-state index contributed by atoms with van der Waals surface area (Å²) < 4.78 is 5.78. The van der Waals surface area contributed by atoms with Gasteiger partial charge in [-0.3, -0.25) is 20.2 Å². The van der Waals surface area contributed by atoms with Gasteiger partial charge in [-0.25, -0.2) is 10.3 Å². The first kappa shape index (κ1) is 19.2.